The van der Waals surface area contributed by atoms with Crippen molar-refractivity contribution in [2.75, 3.05) is 0 Å². The summed E-state index contributed by atoms with van der Waals surface area (Å²) in [6.07, 6.45) is 2.31. The Morgan fingerprint density at radius 2 is 2.07 bits per heavy atom. The molecule has 80 valence electrons. The van der Waals surface area contributed by atoms with Crippen molar-refractivity contribution in [1.82, 2.24) is 10.3 Å². The molecule has 15 heavy (non-hydrogen) atoms. The van der Waals surface area contributed by atoms with Gasteiger partial charge in [0.05, 0.1) is 6.42 Å². The smallest absolute Gasteiger partial charge is 0.224 e. The lowest BCUT2D eigenvalue weighted by Crippen LogP contribution is -2.31. The average molecular weight is 204 g/mol. The lowest BCUT2D eigenvalue weighted by Gasteiger charge is -2.22. The summed E-state index contributed by atoms with van der Waals surface area (Å²) in [7, 11) is 0. The molecule has 0 atom stereocenters. The molecule has 0 aromatic carbocycles. The van der Waals surface area contributed by atoms with Crippen LogP contribution in [0.4, 0.5) is 0 Å². The van der Waals surface area contributed by atoms with E-state index in [1.165, 1.54) is 5.56 Å². The number of hydrogen-bond acceptors (Lipinski definition) is 2. The molecule has 1 amide bonds. The van der Waals surface area contributed by atoms with E-state index in [1.54, 1.807) is 0 Å². The Bertz CT molecular complexity index is 405. The SMILES string of the molecule is CC(C)(C)c1cc2c(cn1)CC(=O)NC2. The zero-order valence-corrected chi connectivity index (χ0v) is 9.42. The van der Waals surface area contributed by atoms with Crippen molar-refractivity contribution >= 4 is 5.91 Å². The third kappa shape index (κ3) is 2.01. The van der Waals surface area contributed by atoms with Crippen LogP contribution in [-0.2, 0) is 23.2 Å². The van der Waals surface area contributed by atoms with Crippen molar-refractivity contribution in [3.63, 3.8) is 0 Å². The molecule has 0 radical (unpaired) electrons. The molecule has 0 aliphatic carbocycles. The van der Waals surface area contributed by atoms with Gasteiger partial charge >= 0.3 is 0 Å². The Labute approximate surface area is 89.9 Å². The maximum Gasteiger partial charge on any atom is 0.224 e. The first-order valence-electron chi connectivity index (χ1n) is 5.22. The van der Waals surface area contributed by atoms with E-state index >= 15 is 0 Å². The summed E-state index contributed by atoms with van der Waals surface area (Å²) >= 11 is 0. The second-order valence-corrected chi connectivity index (χ2v) is 5.04. The third-order valence-electron chi connectivity index (χ3n) is 2.68. The van der Waals surface area contributed by atoms with Gasteiger partial charge in [-0.05, 0) is 17.2 Å². The van der Waals surface area contributed by atoms with E-state index in [-0.39, 0.29) is 11.3 Å². The van der Waals surface area contributed by atoms with E-state index < -0.39 is 0 Å². The predicted molar refractivity (Wildman–Crippen MR) is 58.5 cm³/mol. The lowest BCUT2D eigenvalue weighted by molar-refractivity contribution is -0.121. The topological polar surface area (TPSA) is 42.0 Å². The average Bonchev–Trinajstić information content (AvgIpc) is 2.15. The standard InChI is InChI=1S/C12H16N2O/c1-12(2,3)10-4-8-7-14-11(15)5-9(8)6-13-10/h4,6H,5,7H2,1-3H3,(H,14,15). The maximum atomic E-state index is 11.2. The van der Waals surface area contributed by atoms with E-state index in [4.69, 9.17) is 0 Å². The van der Waals surface area contributed by atoms with Gasteiger partial charge in [-0.1, -0.05) is 20.8 Å². The minimum Gasteiger partial charge on any atom is -0.352 e. The van der Waals surface area contributed by atoms with Gasteiger partial charge in [0.2, 0.25) is 5.91 Å². The molecule has 1 N–H and O–H groups in total. The Balaban J connectivity index is 2.39. The Morgan fingerprint density at radius 3 is 2.73 bits per heavy atom. The number of pyridine rings is 1. The minimum absolute atomic E-state index is 0.0660. The van der Waals surface area contributed by atoms with Gasteiger partial charge in [0.1, 0.15) is 0 Å². The Morgan fingerprint density at radius 1 is 1.33 bits per heavy atom. The predicted octanol–water partition coefficient (Wildman–Crippen LogP) is 1.55. The molecule has 1 aromatic rings. The molecule has 2 heterocycles. The van der Waals surface area contributed by atoms with Crippen LogP contribution in [0.1, 0.15) is 37.6 Å². The highest BCUT2D eigenvalue weighted by atomic mass is 16.1. The first-order chi connectivity index (χ1) is 6.97. The summed E-state index contributed by atoms with van der Waals surface area (Å²) in [6.45, 7) is 7.06. The van der Waals surface area contributed by atoms with Crippen LogP contribution in [0.25, 0.3) is 0 Å². The van der Waals surface area contributed by atoms with Gasteiger partial charge in [0.15, 0.2) is 0 Å². The number of nitrogens with zero attached hydrogens (tertiary/aromatic N) is 1. The molecule has 0 fully saturated rings. The fourth-order valence-corrected chi connectivity index (χ4v) is 1.69. The van der Waals surface area contributed by atoms with E-state index in [9.17, 15) is 4.79 Å². The van der Waals surface area contributed by atoms with Gasteiger partial charge in [-0.25, -0.2) is 0 Å². The number of aromatic nitrogens is 1. The second kappa shape index (κ2) is 3.33. The molecule has 0 unspecified atom stereocenters. The van der Waals surface area contributed by atoms with Crippen molar-refractivity contribution in [2.45, 2.75) is 39.2 Å². The van der Waals surface area contributed by atoms with Crippen LogP contribution in [0.15, 0.2) is 12.3 Å². The molecule has 0 spiro atoms. The fourth-order valence-electron chi connectivity index (χ4n) is 1.69. The first-order valence-corrected chi connectivity index (χ1v) is 5.22. The van der Waals surface area contributed by atoms with E-state index in [1.807, 2.05) is 6.20 Å². The van der Waals surface area contributed by atoms with E-state index in [2.05, 4.69) is 37.1 Å². The molecular formula is C12H16N2O. The van der Waals surface area contributed by atoms with Crippen LogP contribution in [-0.4, -0.2) is 10.9 Å². The Hall–Kier alpha value is -1.38. The summed E-state index contributed by atoms with van der Waals surface area (Å²) in [5, 5.41) is 2.85. The summed E-state index contributed by atoms with van der Waals surface area (Å²) in [4.78, 5) is 15.6. The Kier molecular flexibility index (Phi) is 2.25. The van der Waals surface area contributed by atoms with E-state index in [0.717, 1.165) is 11.3 Å². The van der Waals surface area contributed by atoms with Gasteiger partial charge in [0.25, 0.3) is 0 Å². The number of amides is 1. The van der Waals surface area contributed by atoms with Gasteiger partial charge in [0, 0.05) is 23.9 Å². The highest BCUT2D eigenvalue weighted by Crippen LogP contribution is 2.23. The molecule has 1 aliphatic rings. The number of carbonyl (C=O) groups is 1. The summed E-state index contributed by atoms with van der Waals surface area (Å²) in [5.74, 6) is 0.0906. The number of nitrogens with one attached hydrogen (secondary N) is 1. The summed E-state index contributed by atoms with van der Waals surface area (Å²) < 4.78 is 0. The van der Waals surface area contributed by atoms with Crippen molar-refractivity contribution in [2.24, 2.45) is 0 Å². The van der Waals surface area contributed by atoms with Crippen molar-refractivity contribution in [3.8, 4) is 0 Å². The lowest BCUT2D eigenvalue weighted by atomic mass is 9.89. The summed E-state index contributed by atoms with van der Waals surface area (Å²) in [5.41, 5.74) is 3.41. The van der Waals surface area contributed by atoms with Gasteiger partial charge < -0.3 is 5.32 Å². The zero-order valence-electron chi connectivity index (χ0n) is 9.42. The van der Waals surface area contributed by atoms with Gasteiger partial charge in [-0.3, -0.25) is 9.78 Å². The normalized spacial score (nSPS) is 15.8. The zero-order chi connectivity index (χ0) is 11.1. The van der Waals surface area contributed by atoms with Crippen LogP contribution < -0.4 is 5.32 Å². The molecule has 1 aromatic heterocycles. The fraction of sp³-hybridized carbons (Fsp3) is 0.500. The molecule has 1 aliphatic heterocycles. The van der Waals surface area contributed by atoms with Crippen LogP contribution >= 0.6 is 0 Å². The molecule has 0 saturated heterocycles. The molecule has 0 bridgehead atoms. The molecule has 3 heteroatoms. The van der Waals surface area contributed by atoms with Crippen molar-refractivity contribution < 1.29 is 4.79 Å². The first kappa shape index (κ1) is 10.1. The van der Waals surface area contributed by atoms with Crippen LogP contribution in [0.2, 0.25) is 0 Å². The van der Waals surface area contributed by atoms with Crippen LogP contribution in [0.5, 0.6) is 0 Å². The molecular weight excluding hydrogens is 188 g/mol. The largest absolute Gasteiger partial charge is 0.352 e. The summed E-state index contributed by atoms with van der Waals surface area (Å²) in [6, 6.07) is 2.11. The second-order valence-electron chi connectivity index (χ2n) is 5.04. The van der Waals surface area contributed by atoms with Gasteiger partial charge in [-0.2, -0.15) is 0 Å². The molecule has 2 rings (SSSR count). The number of fused-ring (bicyclic) bond motifs is 1. The van der Waals surface area contributed by atoms with E-state index in [0.29, 0.717) is 13.0 Å². The molecule has 0 saturated carbocycles. The maximum absolute atomic E-state index is 11.2. The van der Waals surface area contributed by atoms with Crippen molar-refractivity contribution in [3.05, 3.63) is 29.1 Å². The van der Waals surface area contributed by atoms with Crippen LogP contribution in [0.3, 0.4) is 0 Å². The number of hydrogen-bond donors (Lipinski definition) is 1. The minimum atomic E-state index is 0.0660. The monoisotopic (exact) mass is 204 g/mol. The highest BCUT2D eigenvalue weighted by molar-refractivity contribution is 5.80. The number of rotatable bonds is 0. The quantitative estimate of drug-likeness (QED) is 0.696. The van der Waals surface area contributed by atoms with Crippen molar-refractivity contribution in [1.29, 1.82) is 0 Å². The molecule has 3 nitrogen and oxygen atoms in total. The number of carbonyl (C=O) groups excluding carboxylic acids is 1. The third-order valence-corrected chi connectivity index (χ3v) is 2.68. The van der Waals surface area contributed by atoms with Crippen LogP contribution in [0, 0.1) is 0 Å². The highest BCUT2D eigenvalue weighted by Gasteiger charge is 2.20. The van der Waals surface area contributed by atoms with Gasteiger partial charge in [-0.15, -0.1) is 0 Å².